The maximum Gasteiger partial charge on any atom is 0.240 e. The van der Waals surface area contributed by atoms with Crippen LogP contribution in [0.3, 0.4) is 0 Å². The molecule has 1 aliphatic carbocycles. The monoisotopic (exact) mass is 342 g/mol. The fraction of sp³-hybridized carbons (Fsp3) is 0.619. The number of likely N-dealkylation sites (tertiary alicyclic amines) is 1. The molecule has 1 saturated carbocycles. The first-order valence-corrected chi connectivity index (χ1v) is 9.84. The SMILES string of the molecule is CCc1cccc(CC)c1NC(=O)C1(C(=O)N2CCCCCC2)CC1. The Morgan fingerprint density at radius 1 is 1.00 bits per heavy atom. The second kappa shape index (κ2) is 7.59. The molecule has 4 heteroatoms. The highest BCUT2D eigenvalue weighted by Crippen LogP contribution is 2.48. The van der Waals surface area contributed by atoms with Crippen LogP contribution >= 0.6 is 0 Å². The fourth-order valence-electron chi connectivity index (χ4n) is 3.88. The first-order chi connectivity index (χ1) is 12.1. The number of nitrogens with zero attached hydrogens (tertiary/aromatic N) is 1. The topological polar surface area (TPSA) is 49.4 Å². The van der Waals surface area contributed by atoms with Gasteiger partial charge in [0.15, 0.2) is 0 Å². The molecule has 4 nitrogen and oxygen atoms in total. The van der Waals surface area contributed by atoms with Gasteiger partial charge in [-0.15, -0.1) is 0 Å². The van der Waals surface area contributed by atoms with Crippen molar-refractivity contribution in [3.05, 3.63) is 29.3 Å². The molecular formula is C21H30N2O2. The number of carbonyl (C=O) groups excluding carboxylic acids is 2. The van der Waals surface area contributed by atoms with Crippen LogP contribution in [0.25, 0.3) is 0 Å². The van der Waals surface area contributed by atoms with E-state index in [-0.39, 0.29) is 11.8 Å². The molecule has 1 aliphatic heterocycles. The van der Waals surface area contributed by atoms with Gasteiger partial charge in [0.2, 0.25) is 11.8 Å². The minimum absolute atomic E-state index is 0.0546. The van der Waals surface area contributed by atoms with Gasteiger partial charge >= 0.3 is 0 Å². The highest BCUT2D eigenvalue weighted by atomic mass is 16.2. The maximum absolute atomic E-state index is 13.0. The van der Waals surface area contributed by atoms with Gasteiger partial charge in [0.25, 0.3) is 0 Å². The van der Waals surface area contributed by atoms with E-state index in [1.165, 1.54) is 12.8 Å². The van der Waals surface area contributed by atoms with E-state index in [4.69, 9.17) is 0 Å². The summed E-state index contributed by atoms with van der Waals surface area (Å²) in [4.78, 5) is 28.0. The normalized spacial score (nSPS) is 19.2. The summed E-state index contributed by atoms with van der Waals surface area (Å²) in [6, 6.07) is 6.17. The molecule has 3 rings (SSSR count). The second-order valence-electron chi connectivity index (χ2n) is 7.40. The molecule has 0 radical (unpaired) electrons. The van der Waals surface area contributed by atoms with E-state index in [1.54, 1.807) is 0 Å². The molecule has 2 fully saturated rings. The van der Waals surface area contributed by atoms with Gasteiger partial charge in [-0.3, -0.25) is 9.59 Å². The molecule has 0 bridgehead atoms. The van der Waals surface area contributed by atoms with Gasteiger partial charge in [-0.25, -0.2) is 0 Å². The van der Waals surface area contributed by atoms with Crippen molar-refractivity contribution in [2.45, 2.75) is 65.2 Å². The molecule has 1 aromatic rings. The van der Waals surface area contributed by atoms with Crippen molar-refractivity contribution in [3.8, 4) is 0 Å². The van der Waals surface area contributed by atoms with Crippen LogP contribution in [0.5, 0.6) is 0 Å². The Morgan fingerprint density at radius 2 is 1.56 bits per heavy atom. The number of benzene rings is 1. The van der Waals surface area contributed by atoms with Crippen molar-refractivity contribution in [1.29, 1.82) is 0 Å². The predicted octanol–water partition coefficient (Wildman–Crippen LogP) is 3.93. The van der Waals surface area contributed by atoms with Gasteiger partial charge in [0, 0.05) is 18.8 Å². The summed E-state index contributed by atoms with van der Waals surface area (Å²) in [5, 5.41) is 3.13. The Kier molecular flexibility index (Phi) is 5.45. The Hall–Kier alpha value is -1.84. The number of aryl methyl sites for hydroxylation is 2. The van der Waals surface area contributed by atoms with Gasteiger partial charge < -0.3 is 10.2 Å². The van der Waals surface area contributed by atoms with Gasteiger partial charge in [0.1, 0.15) is 5.41 Å². The van der Waals surface area contributed by atoms with E-state index in [0.29, 0.717) is 12.8 Å². The van der Waals surface area contributed by atoms with Crippen LogP contribution in [-0.4, -0.2) is 29.8 Å². The quantitative estimate of drug-likeness (QED) is 0.824. The highest BCUT2D eigenvalue weighted by molar-refractivity contribution is 6.13. The van der Waals surface area contributed by atoms with Crippen molar-refractivity contribution in [3.63, 3.8) is 0 Å². The molecule has 1 aromatic carbocycles. The molecule has 1 heterocycles. The number of hydrogen-bond donors (Lipinski definition) is 1. The van der Waals surface area contributed by atoms with Gasteiger partial charge in [-0.2, -0.15) is 0 Å². The number of carbonyl (C=O) groups is 2. The van der Waals surface area contributed by atoms with Crippen LogP contribution in [0, 0.1) is 5.41 Å². The average molecular weight is 342 g/mol. The van der Waals surface area contributed by atoms with Crippen LogP contribution in [0.2, 0.25) is 0 Å². The van der Waals surface area contributed by atoms with E-state index < -0.39 is 5.41 Å². The smallest absolute Gasteiger partial charge is 0.240 e. The lowest BCUT2D eigenvalue weighted by Gasteiger charge is -2.26. The highest BCUT2D eigenvalue weighted by Gasteiger charge is 2.58. The summed E-state index contributed by atoms with van der Waals surface area (Å²) in [5.74, 6) is -0.0451. The Balaban J connectivity index is 1.78. The van der Waals surface area contributed by atoms with Gasteiger partial charge in [-0.05, 0) is 49.7 Å². The lowest BCUT2D eigenvalue weighted by molar-refractivity contribution is -0.142. The van der Waals surface area contributed by atoms with E-state index in [0.717, 1.165) is 55.6 Å². The Bertz CT molecular complexity index is 619. The zero-order valence-electron chi connectivity index (χ0n) is 15.6. The molecule has 0 spiro atoms. The van der Waals surface area contributed by atoms with Crippen LogP contribution in [-0.2, 0) is 22.4 Å². The third-order valence-electron chi connectivity index (χ3n) is 5.72. The molecular weight excluding hydrogens is 312 g/mol. The number of para-hydroxylation sites is 1. The van der Waals surface area contributed by atoms with Gasteiger partial charge in [0.05, 0.1) is 0 Å². The van der Waals surface area contributed by atoms with Crippen LogP contribution in [0.15, 0.2) is 18.2 Å². The molecule has 2 aliphatic rings. The molecule has 136 valence electrons. The van der Waals surface area contributed by atoms with Crippen LogP contribution < -0.4 is 5.32 Å². The minimum atomic E-state index is -0.809. The third kappa shape index (κ3) is 3.58. The third-order valence-corrected chi connectivity index (χ3v) is 5.72. The predicted molar refractivity (Wildman–Crippen MR) is 101 cm³/mol. The first kappa shape index (κ1) is 18.0. The fourth-order valence-corrected chi connectivity index (χ4v) is 3.88. The van der Waals surface area contributed by atoms with E-state index >= 15 is 0 Å². The van der Waals surface area contributed by atoms with Crippen molar-refractivity contribution >= 4 is 17.5 Å². The molecule has 1 N–H and O–H groups in total. The lowest BCUT2D eigenvalue weighted by Crippen LogP contribution is -2.43. The minimum Gasteiger partial charge on any atom is -0.342 e. The van der Waals surface area contributed by atoms with Crippen molar-refractivity contribution in [1.82, 2.24) is 4.90 Å². The van der Waals surface area contributed by atoms with Crippen molar-refractivity contribution < 1.29 is 9.59 Å². The molecule has 0 atom stereocenters. The number of hydrogen-bond acceptors (Lipinski definition) is 2. The number of rotatable bonds is 5. The summed E-state index contributed by atoms with van der Waals surface area (Å²) < 4.78 is 0. The summed E-state index contributed by atoms with van der Waals surface area (Å²) in [5.41, 5.74) is 2.40. The molecule has 0 unspecified atom stereocenters. The van der Waals surface area contributed by atoms with E-state index in [2.05, 4.69) is 31.3 Å². The summed E-state index contributed by atoms with van der Waals surface area (Å²) >= 11 is 0. The molecule has 0 aromatic heterocycles. The van der Waals surface area contributed by atoms with E-state index in [1.807, 2.05) is 11.0 Å². The molecule has 1 saturated heterocycles. The summed E-state index contributed by atoms with van der Waals surface area (Å²) in [6.07, 6.45) is 7.60. The van der Waals surface area contributed by atoms with Crippen LogP contribution in [0.4, 0.5) is 5.69 Å². The Labute approximate surface area is 151 Å². The van der Waals surface area contributed by atoms with Crippen molar-refractivity contribution in [2.24, 2.45) is 5.41 Å². The summed E-state index contributed by atoms with van der Waals surface area (Å²) in [7, 11) is 0. The number of nitrogens with one attached hydrogen (secondary N) is 1. The standard InChI is InChI=1S/C21H30N2O2/c1-3-16-10-9-11-17(4-2)18(16)22-19(24)21(12-13-21)20(25)23-14-7-5-6-8-15-23/h9-11H,3-8,12-15H2,1-2H3,(H,22,24). The Morgan fingerprint density at radius 3 is 2.04 bits per heavy atom. The largest absolute Gasteiger partial charge is 0.342 e. The van der Waals surface area contributed by atoms with E-state index in [9.17, 15) is 9.59 Å². The molecule has 25 heavy (non-hydrogen) atoms. The average Bonchev–Trinajstić information content (AvgIpc) is 3.46. The zero-order valence-corrected chi connectivity index (χ0v) is 15.6. The second-order valence-corrected chi connectivity index (χ2v) is 7.40. The lowest BCUT2D eigenvalue weighted by atomic mass is 10.00. The maximum atomic E-state index is 13.0. The van der Waals surface area contributed by atoms with Crippen molar-refractivity contribution in [2.75, 3.05) is 18.4 Å². The van der Waals surface area contributed by atoms with Gasteiger partial charge in [-0.1, -0.05) is 44.9 Å². The summed E-state index contributed by atoms with van der Waals surface area (Å²) in [6.45, 7) is 5.80. The van der Waals surface area contributed by atoms with Crippen LogP contribution in [0.1, 0.15) is 63.5 Å². The zero-order chi connectivity index (χ0) is 17.9. The first-order valence-electron chi connectivity index (χ1n) is 9.84. The molecule has 2 amide bonds. The number of amides is 2. The number of anilines is 1.